The smallest absolute Gasteiger partial charge is 0.663 e. The fourth-order valence-electron chi connectivity index (χ4n) is 12.1. The van der Waals surface area contributed by atoms with Crippen LogP contribution in [-0.4, -0.2) is 46.7 Å². The summed E-state index contributed by atoms with van der Waals surface area (Å²) in [4.78, 5) is 22.8. The van der Waals surface area contributed by atoms with E-state index in [4.69, 9.17) is 89.5 Å². The first-order valence-corrected chi connectivity index (χ1v) is 27.2. The molecule has 0 saturated heterocycles. The molecule has 0 amide bonds. The van der Waals surface area contributed by atoms with E-state index in [2.05, 4.69) is 76.2 Å². The van der Waals surface area contributed by atoms with Gasteiger partial charge >= 0.3 is 17.1 Å². The van der Waals surface area contributed by atoms with Gasteiger partial charge in [-0.2, -0.15) is 45.6 Å². The minimum Gasteiger partial charge on any atom is -0.663 e. The van der Waals surface area contributed by atoms with Gasteiger partial charge in [-0.3, -0.25) is 0 Å². The molecule has 0 aromatic carbocycles. The summed E-state index contributed by atoms with van der Waals surface area (Å²) < 4.78 is 1.28. The summed E-state index contributed by atoms with van der Waals surface area (Å²) >= 11 is 28.6. The molecule has 12 heteroatoms. The van der Waals surface area contributed by atoms with Crippen molar-refractivity contribution >= 4 is 69.6 Å². The molecule has 63 heavy (non-hydrogen) atoms. The molecule has 5 heterocycles. The first kappa shape index (κ1) is 54.9. The fraction of sp³-hybridized carbons (Fsp3) is 0.686. The number of halogens is 6. The maximum atomic E-state index is 5.69. The van der Waals surface area contributed by atoms with E-state index in [1.54, 1.807) is 0 Å². The molecule has 4 spiro atoms. The van der Waals surface area contributed by atoms with E-state index in [0.717, 1.165) is 51.4 Å². The van der Waals surface area contributed by atoms with Crippen LogP contribution in [0, 0.1) is 0 Å². The van der Waals surface area contributed by atoms with Crippen molar-refractivity contribution in [3.8, 4) is 0 Å². The quantitative estimate of drug-likeness (QED) is 0.116. The Morgan fingerprint density at radius 2 is 0.476 bits per heavy atom. The molecular weight excluding hydrogens is 951 g/mol. The first-order valence-electron chi connectivity index (χ1n) is 24.0. The van der Waals surface area contributed by atoms with Gasteiger partial charge in [0.25, 0.3) is 0 Å². The van der Waals surface area contributed by atoms with Gasteiger partial charge in [-0.25, -0.2) is 0 Å². The Bertz CT molecular complexity index is 1510. The Morgan fingerprint density at radius 1 is 0.333 bits per heavy atom. The second-order valence-electron chi connectivity index (χ2n) is 18.3. The van der Waals surface area contributed by atoms with Crippen molar-refractivity contribution in [2.75, 3.05) is 42.2 Å². The van der Waals surface area contributed by atoms with Gasteiger partial charge in [0, 0.05) is 0 Å². The number of nitrogens with zero attached hydrogens (tertiary/aromatic N) is 5. The number of aromatic nitrogens is 4. The molecule has 1 radical (unpaired) electrons. The third kappa shape index (κ3) is 11.8. The zero-order valence-electron chi connectivity index (χ0n) is 38.6. The summed E-state index contributed by atoms with van der Waals surface area (Å²) in [5.74, 6) is 0. The van der Waals surface area contributed by atoms with Gasteiger partial charge in [-0.05, 0) is 101 Å². The van der Waals surface area contributed by atoms with Crippen LogP contribution in [0.5, 0.6) is 0 Å². The monoisotopic (exact) mass is 1020 g/mol. The van der Waals surface area contributed by atoms with E-state index < -0.39 is 0 Å². The molecule has 9 rings (SSSR count). The van der Waals surface area contributed by atoms with Crippen molar-refractivity contribution in [3.05, 3.63) is 94.1 Å². The molecule has 0 atom stereocenters. The van der Waals surface area contributed by atoms with Crippen molar-refractivity contribution in [1.82, 2.24) is 19.9 Å². The Balaban J connectivity index is 0.000000394. The van der Waals surface area contributed by atoms with Crippen LogP contribution < -0.4 is 19.9 Å². The summed E-state index contributed by atoms with van der Waals surface area (Å²) in [6, 6.07) is 19.2. The first-order chi connectivity index (χ1) is 30.2. The van der Waals surface area contributed by atoms with Crippen LogP contribution in [0.4, 0.5) is 0 Å². The van der Waals surface area contributed by atoms with Crippen LogP contribution >= 0.6 is 69.6 Å². The van der Waals surface area contributed by atoms with Crippen molar-refractivity contribution in [2.45, 2.75) is 178 Å². The molecule has 0 N–H and O–H groups in total. The van der Waals surface area contributed by atoms with E-state index in [-0.39, 0.29) is 54.7 Å². The Kier molecular flexibility index (Phi) is 22.8. The predicted molar refractivity (Wildman–Crippen MR) is 267 cm³/mol. The standard InChI is InChI=1S/C40H48N4.C8H20N.3CH2Cl2.Fe/c1-5-21-37(22-6-1)29-13-15-31(41-29)38(23-7-2-8-24-38)33-17-19-35(43-33)40(27-11-4-12-28-40)36-20-18-34(44-36)39(25-9-3-10-26-39)32-16-14-30(37)42-32;1-5-9(6-2,7-3)8-4;3*2-1-3;/h13-20H,1-12,21-28H2;5-8H2,1-4H3;3*1H2;/q-4;+1;;;;+3. The summed E-state index contributed by atoms with van der Waals surface area (Å²) in [5, 5.41) is 0.583. The molecule has 4 aromatic heterocycles. The molecule has 353 valence electrons. The number of fused-ring (bicyclic) bond motifs is 16. The fourth-order valence-corrected chi connectivity index (χ4v) is 12.1. The van der Waals surface area contributed by atoms with Crippen molar-refractivity contribution in [2.24, 2.45) is 0 Å². The van der Waals surface area contributed by atoms with Gasteiger partial charge in [0.2, 0.25) is 0 Å². The minimum absolute atomic E-state index is 0. The van der Waals surface area contributed by atoms with E-state index in [1.165, 1.54) is 153 Å². The summed E-state index contributed by atoms with van der Waals surface area (Å²) in [6.07, 6.45) is 24.5. The average Bonchev–Trinajstić information content (AvgIpc) is 4.18. The van der Waals surface area contributed by atoms with E-state index in [1.807, 2.05) is 0 Å². The second-order valence-corrected chi connectivity index (χ2v) is 20.8. The zero-order valence-corrected chi connectivity index (χ0v) is 44.2. The maximum Gasteiger partial charge on any atom is 3.00 e. The van der Waals surface area contributed by atoms with Gasteiger partial charge < -0.3 is 24.4 Å². The SMILES string of the molecule is CC[N+](CC)(CC)CC.ClCCl.ClCCl.ClCCl.[Fe+3].c1cc2[n-]c1C1(CCCCC1)c1ccc([n-]1)C1(CCCCC1)c1ccc([n-]1)C1(CCCCC1)c1ccc([n-]1)C21CCCCC1. The molecule has 5 aliphatic rings. The van der Waals surface area contributed by atoms with Crippen LogP contribution in [0.25, 0.3) is 0 Å². The second kappa shape index (κ2) is 26.2. The largest absolute Gasteiger partial charge is 3.00 e. The van der Waals surface area contributed by atoms with Crippen molar-refractivity contribution < 1.29 is 21.6 Å². The van der Waals surface area contributed by atoms with Gasteiger partial charge in [0.05, 0.1) is 42.2 Å². The molecule has 4 aliphatic carbocycles. The average molecular weight is 1030 g/mol. The van der Waals surface area contributed by atoms with Crippen molar-refractivity contribution in [1.29, 1.82) is 0 Å². The number of hydrogen-bond acceptors (Lipinski definition) is 0. The molecule has 1 aliphatic heterocycles. The minimum atomic E-state index is -0.0844. The van der Waals surface area contributed by atoms with Gasteiger partial charge in [-0.1, -0.05) is 126 Å². The van der Waals surface area contributed by atoms with Gasteiger partial charge in [0.1, 0.15) is 0 Å². The molecule has 4 saturated carbocycles. The Morgan fingerprint density at radius 3 is 0.587 bits per heavy atom. The van der Waals surface area contributed by atoms with E-state index in [9.17, 15) is 0 Å². The summed E-state index contributed by atoms with van der Waals surface area (Å²) in [6.45, 7) is 14.2. The molecule has 4 fully saturated rings. The van der Waals surface area contributed by atoms with Gasteiger partial charge in [-0.15, -0.1) is 69.6 Å². The van der Waals surface area contributed by atoms with E-state index in [0.29, 0.717) is 0 Å². The summed E-state index contributed by atoms with van der Waals surface area (Å²) in [5.41, 5.74) is 9.85. The van der Waals surface area contributed by atoms with E-state index >= 15 is 0 Å². The predicted octanol–water partition coefficient (Wildman–Crippen LogP) is 15.0. The summed E-state index contributed by atoms with van der Waals surface area (Å²) in [7, 11) is 0. The number of hydrogen-bond donors (Lipinski definition) is 0. The Labute approximate surface area is 422 Å². The molecule has 8 bridgehead atoms. The molecule has 0 unspecified atom stereocenters. The molecular formula is C51H74Cl6FeN5. The normalized spacial score (nSPS) is 20.1. The molecule has 4 aromatic rings. The molecule has 5 nitrogen and oxygen atoms in total. The Hall–Kier alpha value is -0.661. The van der Waals surface area contributed by atoms with Crippen LogP contribution in [-0.2, 0) is 38.7 Å². The van der Waals surface area contributed by atoms with Crippen LogP contribution in [0.2, 0.25) is 0 Å². The number of rotatable bonds is 4. The third-order valence-corrected chi connectivity index (χ3v) is 16.0. The van der Waals surface area contributed by atoms with Crippen LogP contribution in [0.1, 0.15) is 202 Å². The number of quaternary nitrogens is 1. The van der Waals surface area contributed by atoms with Crippen molar-refractivity contribution in [3.63, 3.8) is 0 Å². The van der Waals surface area contributed by atoms with Gasteiger partial charge in [0.15, 0.2) is 0 Å². The van der Waals surface area contributed by atoms with Crippen LogP contribution in [0.15, 0.2) is 48.5 Å². The third-order valence-electron chi connectivity index (χ3n) is 16.0. The van der Waals surface area contributed by atoms with Crippen LogP contribution in [0.3, 0.4) is 0 Å². The maximum absolute atomic E-state index is 5.69. The number of alkyl halides is 6. The zero-order chi connectivity index (χ0) is 44.7. The topological polar surface area (TPSA) is 56.4 Å².